The first-order valence-electron chi connectivity index (χ1n) is 8.77. The molecule has 2 N–H and O–H groups in total. The average Bonchev–Trinajstić information content (AvgIpc) is 2.72. The zero-order valence-corrected chi connectivity index (χ0v) is 17.1. The summed E-state index contributed by atoms with van der Waals surface area (Å²) in [6, 6.07) is 17.5. The molecule has 0 saturated heterocycles. The normalized spacial score (nSPS) is 10.4. The van der Waals surface area contributed by atoms with Crippen LogP contribution in [0.5, 0.6) is 11.5 Å². The summed E-state index contributed by atoms with van der Waals surface area (Å²) in [5, 5.41) is 13.3. The molecule has 0 aliphatic heterocycles. The topological polar surface area (TPSA) is 67.8 Å². The van der Waals surface area contributed by atoms with Crippen molar-refractivity contribution in [2.24, 2.45) is 0 Å². The van der Waals surface area contributed by atoms with Gasteiger partial charge in [-0.3, -0.25) is 0 Å². The molecule has 150 valence electrons. The molecular weight excluding hydrogens is 413 g/mol. The number of halogens is 2. The molecule has 5 nitrogen and oxygen atoms in total. The number of rotatable bonds is 8. The number of benzene rings is 3. The first kappa shape index (κ1) is 20.8. The van der Waals surface area contributed by atoms with Crippen molar-refractivity contribution >= 4 is 34.9 Å². The van der Waals surface area contributed by atoms with E-state index in [4.69, 9.17) is 37.8 Å². The lowest BCUT2D eigenvalue weighted by atomic mass is 10.1. The molecule has 0 aliphatic carbocycles. The van der Waals surface area contributed by atoms with Gasteiger partial charge in [0, 0.05) is 27.8 Å². The van der Waals surface area contributed by atoms with Crippen molar-refractivity contribution in [1.82, 2.24) is 0 Å². The minimum atomic E-state index is -0.949. The summed E-state index contributed by atoms with van der Waals surface area (Å²) in [4.78, 5) is 10.9. The number of carboxylic acid groups (broad SMARTS) is 1. The summed E-state index contributed by atoms with van der Waals surface area (Å²) >= 11 is 12.4. The Morgan fingerprint density at radius 2 is 1.69 bits per heavy atom. The second-order valence-electron chi connectivity index (χ2n) is 6.21. The van der Waals surface area contributed by atoms with Crippen molar-refractivity contribution in [3.63, 3.8) is 0 Å². The summed E-state index contributed by atoms with van der Waals surface area (Å²) in [5.74, 6) is 0.224. The molecule has 29 heavy (non-hydrogen) atoms. The second-order valence-corrected chi connectivity index (χ2v) is 7.02. The number of anilines is 1. The van der Waals surface area contributed by atoms with Crippen LogP contribution in [-0.4, -0.2) is 18.2 Å². The fourth-order valence-electron chi connectivity index (χ4n) is 2.70. The highest BCUT2D eigenvalue weighted by atomic mass is 35.5. The molecule has 3 aromatic rings. The van der Waals surface area contributed by atoms with Gasteiger partial charge in [-0.25, -0.2) is 4.79 Å². The molecule has 0 bridgehead atoms. The Labute approximate surface area is 178 Å². The van der Waals surface area contributed by atoms with Crippen molar-refractivity contribution < 1.29 is 19.4 Å². The number of nitrogens with one attached hydrogen (secondary N) is 1. The highest BCUT2D eigenvalue weighted by molar-refractivity contribution is 6.35. The Balaban J connectivity index is 1.66. The maximum atomic E-state index is 10.9. The molecule has 0 atom stereocenters. The third kappa shape index (κ3) is 5.34. The Morgan fingerprint density at radius 1 is 1.00 bits per heavy atom. The molecule has 0 saturated carbocycles. The molecule has 0 aromatic heterocycles. The van der Waals surface area contributed by atoms with Gasteiger partial charge in [0.1, 0.15) is 6.61 Å². The summed E-state index contributed by atoms with van der Waals surface area (Å²) in [6.45, 7) is 0.766. The van der Waals surface area contributed by atoms with Crippen LogP contribution in [0.4, 0.5) is 5.69 Å². The summed E-state index contributed by atoms with van der Waals surface area (Å²) < 4.78 is 11.3. The number of hydrogen-bond donors (Lipinski definition) is 2. The van der Waals surface area contributed by atoms with Crippen molar-refractivity contribution in [1.29, 1.82) is 0 Å². The van der Waals surface area contributed by atoms with E-state index in [1.165, 1.54) is 0 Å². The number of hydrogen-bond acceptors (Lipinski definition) is 4. The molecule has 7 heteroatoms. The number of carbonyl (C=O) groups is 1. The van der Waals surface area contributed by atoms with Crippen LogP contribution in [0, 0.1) is 0 Å². The lowest BCUT2D eigenvalue weighted by molar-refractivity contribution is 0.0697. The van der Waals surface area contributed by atoms with Crippen LogP contribution in [0.1, 0.15) is 21.5 Å². The van der Waals surface area contributed by atoms with Gasteiger partial charge in [-0.2, -0.15) is 0 Å². The minimum absolute atomic E-state index is 0.225. The highest BCUT2D eigenvalue weighted by Gasteiger charge is 2.10. The maximum absolute atomic E-state index is 10.9. The number of methoxy groups -OCH3 is 1. The Morgan fingerprint density at radius 3 is 2.31 bits per heavy atom. The first-order valence-corrected chi connectivity index (χ1v) is 9.53. The molecular formula is C22H19Cl2NO4. The fraction of sp³-hybridized carbons (Fsp3) is 0.136. The van der Waals surface area contributed by atoms with Crippen molar-refractivity contribution in [2.45, 2.75) is 13.2 Å². The van der Waals surface area contributed by atoms with Crippen LogP contribution in [0.25, 0.3) is 0 Å². The smallest absolute Gasteiger partial charge is 0.335 e. The van der Waals surface area contributed by atoms with Gasteiger partial charge in [0.2, 0.25) is 0 Å². The third-order valence-corrected chi connectivity index (χ3v) is 5.00. The SMILES string of the molecule is COc1cc(CNc2ccc(C(=O)O)cc2)ccc1OCc1c(Cl)cccc1Cl. The van der Waals surface area contributed by atoms with Gasteiger partial charge in [0.25, 0.3) is 0 Å². The third-order valence-electron chi connectivity index (χ3n) is 4.29. The van der Waals surface area contributed by atoms with E-state index in [1.807, 2.05) is 18.2 Å². The van der Waals surface area contributed by atoms with Gasteiger partial charge < -0.3 is 19.9 Å². The molecule has 0 amide bonds. The summed E-state index contributed by atoms with van der Waals surface area (Å²) in [7, 11) is 1.58. The number of carboxylic acids is 1. The maximum Gasteiger partial charge on any atom is 0.335 e. The van der Waals surface area contributed by atoms with Crippen LogP contribution in [0.15, 0.2) is 60.7 Å². The monoisotopic (exact) mass is 431 g/mol. The molecule has 0 fully saturated rings. The Hall–Kier alpha value is -2.89. The largest absolute Gasteiger partial charge is 0.493 e. The predicted molar refractivity (Wildman–Crippen MR) is 115 cm³/mol. The Bertz CT molecular complexity index is 986. The van der Waals surface area contributed by atoms with Crippen LogP contribution in [0.2, 0.25) is 10.0 Å². The zero-order chi connectivity index (χ0) is 20.8. The van der Waals surface area contributed by atoms with Crippen LogP contribution in [-0.2, 0) is 13.2 Å². The molecule has 3 rings (SSSR count). The molecule has 0 radical (unpaired) electrons. The molecule has 3 aromatic carbocycles. The van der Waals surface area contributed by atoms with Gasteiger partial charge in [-0.1, -0.05) is 35.3 Å². The van der Waals surface area contributed by atoms with Gasteiger partial charge in [0.05, 0.1) is 12.7 Å². The van der Waals surface area contributed by atoms with Crippen LogP contribution < -0.4 is 14.8 Å². The minimum Gasteiger partial charge on any atom is -0.493 e. The van der Waals surface area contributed by atoms with E-state index in [9.17, 15) is 4.79 Å². The van der Waals surface area contributed by atoms with E-state index < -0.39 is 5.97 Å². The lowest BCUT2D eigenvalue weighted by Crippen LogP contribution is -2.03. The van der Waals surface area contributed by atoms with E-state index in [0.717, 1.165) is 11.3 Å². The van der Waals surface area contributed by atoms with Gasteiger partial charge in [-0.05, 0) is 54.1 Å². The second kappa shape index (κ2) is 9.54. The molecule has 0 spiro atoms. The number of ether oxygens (including phenoxy) is 2. The van der Waals surface area contributed by atoms with Crippen molar-refractivity contribution in [2.75, 3.05) is 12.4 Å². The fourth-order valence-corrected chi connectivity index (χ4v) is 3.20. The molecule has 0 unspecified atom stereocenters. The predicted octanol–water partition coefficient (Wildman–Crippen LogP) is 5.89. The van der Waals surface area contributed by atoms with Crippen molar-refractivity contribution in [3.8, 4) is 11.5 Å². The van der Waals surface area contributed by atoms with E-state index in [1.54, 1.807) is 49.6 Å². The van der Waals surface area contributed by atoms with Gasteiger partial charge in [-0.15, -0.1) is 0 Å². The summed E-state index contributed by atoms with van der Waals surface area (Å²) in [6.07, 6.45) is 0. The Kier molecular flexibility index (Phi) is 6.86. The van der Waals surface area contributed by atoms with E-state index >= 15 is 0 Å². The van der Waals surface area contributed by atoms with Gasteiger partial charge >= 0.3 is 5.97 Å². The molecule has 0 heterocycles. The first-order chi connectivity index (χ1) is 14.0. The standard InChI is InChI=1S/C22H19Cl2NO4/c1-28-21-11-14(12-25-16-8-6-15(7-9-16)22(26)27)5-10-20(21)29-13-17-18(23)3-2-4-19(17)24/h2-11,25H,12-13H2,1H3,(H,26,27). The number of aromatic carboxylic acids is 1. The zero-order valence-electron chi connectivity index (χ0n) is 15.6. The highest BCUT2D eigenvalue weighted by Crippen LogP contribution is 2.31. The summed E-state index contributed by atoms with van der Waals surface area (Å²) in [5.41, 5.74) is 2.76. The lowest BCUT2D eigenvalue weighted by Gasteiger charge is -2.14. The van der Waals surface area contributed by atoms with Gasteiger partial charge in [0.15, 0.2) is 11.5 Å². The van der Waals surface area contributed by atoms with E-state index in [0.29, 0.717) is 33.7 Å². The van der Waals surface area contributed by atoms with E-state index in [2.05, 4.69) is 5.32 Å². The quantitative estimate of drug-likeness (QED) is 0.465. The van der Waals surface area contributed by atoms with E-state index in [-0.39, 0.29) is 12.2 Å². The average molecular weight is 432 g/mol. The molecule has 0 aliphatic rings. The van der Waals surface area contributed by atoms with Crippen molar-refractivity contribution in [3.05, 3.63) is 87.4 Å². The van der Waals surface area contributed by atoms with Crippen LogP contribution in [0.3, 0.4) is 0 Å². The van der Waals surface area contributed by atoms with Crippen LogP contribution >= 0.6 is 23.2 Å².